The van der Waals surface area contributed by atoms with Crippen LogP contribution in [0.4, 0.5) is 10.9 Å². The molecule has 3 aromatic heterocycles. The SMILES string of the molecule is CCc1nnc(Nc2cccc([C@H]3CCCN3C(=O)c3c(C)cc(C)n(C)c3=O)n2)s1. The van der Waals surface area contributed by atoms with Crippen LogP contribution in [0.2, 0.25) is 0 Å². The zero-order chi connectivity index (χ0) is 22.1. The second-order valence-electron chi connectivity index (χ2n) is 7.79. The summed E-state index contributed by atoms with van der Waals surface area (Å²) in [6.07, 6.45) is 2.52. The van der Waals surface area contributed by atoms with Crippen molar-refractivity contribution in [2.24, 2.45) is 7.05 Å². The minimum atomic E-state index is -0.250. The number of carbonyl (C=O) groups excluding carboxylic acids is 1. The molecule has 162 valence electrons. The quantitative estimate of drug-likeness (QED) is 0.655. The summed E-state index contributed by atoms with van der Waals surface area (Å²) in [5, 5.41) is 13.1. The Bertz CT molecular complexity index is 1180. The van der Waals surface area contributed by atoms with E-state index in [2.05, 4.69) is 15.5 Å². The van der Waals surface area contributed by atoms with Crippen LogP contribution in [0.5, 0.6) is 0 Å². The van der Waals surface area contributed by atoms with Gasteiger partial charge in [-0.15, -0.1) is 10.2 Å². The van der Waals surface area contributed by atoms with E-state index in [9.17, 15) is 9.59 Å². The Kier molecular flexibility index (Phi) is 5.86. The number of anilines is 2. The summed E-state index contributed by atoms with van der Waals surface area (Å²) >= 11 is 1.50. The smallest absolute Gasteiger partial charge is 0.263 e. The van der Waals surface area contributed by atoms with E-state index in [1.165, 1.54) is 15.9 Å². The maximum atomic E-state index is 13.4. The lowest BCUT2D eigenvalue weighted by atomic mass is 10.1. The normalized spacial score (nSPS) is 16.0. The van der Waals surface area contributed by atoms with Crippen LogP contribution in [0.1, 0.15) is 58.1 Å². The third-order valence-corrected chi connectivity index (χ3v) is 6.69. The first-order valence-corrected chi connectivity index (χ1v) is 11.2. The molecule has 0 bridgehead atoms. The van der Waals surface area contributed by atoms with Crippen molar-refractivity contribution in [3.8, 4) is 0 Å². The molecule has 1 N–H and O–H groups in total. The van der Waals surface area contributed by atoms with Gasteiger partial charge in [0.2, 0.25) is 5.13 Å². The van der Waals surface area contributed by atoms with Gasteiger partial charge in [0, 0.05) is 19.3 Å². The topological polar surface area (TPSA) is 93.0 Å². The van der Waals surface area contributed by atoms with Crippen LogP contribution in [-0.2, 0) is 13.5 Å². The largest absolute Gasteiger partial charge is 0.330 e. The zero-order valence-electron chi connectivity index (χ0n) is 18.2. The monoisotopic (exact) mass is 438 g/mol. The first-order chi connectivity index (χ1) is 14.9. The molecule has 1 amide bonds. The maximum absolute atomic E-state index is 13.4. The number of nitrogens with zero attached hydrogens (tertiary/aromatic N) is 5. The molecule has 1 aliphatic rings. The number of pyridine rings is 2. The number of hydrogen-bond donors (Lipinski definition) is 1. The lowest BCUT2D eigenvalue weighted by Crippen LogP contribution is -2.37. The van der Waals surface area contributed by atoms with Crippen LogP contribution in [0.25, 0.3) is 0 Å². The van der Waals surface area contributed by atoms with E-state index in [0.29, 0.717) is 23.1 Å². The summed E-state index contributed by atoms with van der Waals surface area (Å²) in [6, 6.07) is 7.44. The highest BCUT2D eigenvalue weighted by molar-refractivity contribution is 7.15. The van der Waals surface area contributed by atoms with Crippen molar-refractivity contribution in [2.45, 2.75) is 46.1 Å². The molecule has 4 heterocycles. The van der Waals surface area contributed by atoms with Crippen molar-refractivity contribution in [3.63, 3.8) is 0 Å². The fraction of sp³-hybridized carbons (Fsp3) is 0.409. The molecule has 1 saturated heterocycles. The van der Waals surface area contributed by atoms with Gasteiger partial charge in [-0.05, 0) is 56.9 Å². The molecule has 0 aromatic carbocycles. The summed E-state index contributed by atoms with van der Waals surface area (Å²) in [4.78, 5) is 32.7. The van der Waals surface area contributed by atoms with Gasteiger partial charge in [0.25, 0.3) is 11.5 Å². The number of likely N-dealkylation sites (tertiary alicyclic amines) is 1. The Hall–Kier alpha value is -3.07. The molecule has 1 aliphatic heterocycles. The van der Waals surface area contributed by atoms with E-state index in [0.717, 1.165) is 35.7 Å². The first-order valence-electron chi connectivity index (χ1n) is 10.4. The van der Waals surface area contributed by atoms with Gasteiger partial charge in [0.15, 0.2) is 0 Å². The Morgan fingerprint density at radius 2 is 2.10 bits per heavy atom. The third-order valence-electron chi connectivity index (χ3n) is 5.71. The molecule has 31 heavy (non-hydrogen) atoms. The predicted octanol–water partition coefficient (Wildman–Crippen LogP) is 3.53. The van der Waals surface area contributed by atoms with Crippen molar-refractivity contribution >= 4 is 28.2 Å². The van der Waals surface area contributed by atoms with Crippen molar-refractivity contribution in [1.29, 1.82) is 0 Å². The molecule has 0 unspecified atom stereocenters. The summed E-state index contributed by atoms with van der Waals surface area (Å²) in [7, 11) is 1.70. The third kappa shape index (κ3) is 4.10. The predicted molar refractivity (Wildman–Crippen MR) is 121 cm³/mol. The van der Waals surface area contributed by atoms with E-state index in [-0.39, 0.29) is 23.1 Å². The standard InChI is InChI=1S/C22H26N6O2S/c1-5-18-25-26-22(31-18)24-17-10-6-8-15(23-17)16-9-7-11-28(16)21(30)19-13(2)12-14(3)27(4)20(19)29/h6,8,10,12,16H,5,7,9,11H2,1-4H3,(H,23,24,26)/t16-/m1/s1. The van der Waals surface area contributed by atoms with Gasteiger partial charge in [-0.3, -0.25) is 9.59 Å². The lowest BCUT2D eigenvalue weighted by Gasteiger charge is -2.25. The van der Waals surface area contributed by atoms with E-state index in [4.69, 9.17) is 4.98 Å². The molecule has 1 atom stereocenters. The first kappa shape index (κ1) is 21.2. The minimum absolute atomic E-state index is 0.166. The van der Waals surface area contributed by atoms with Crippen molar-refractivity contribution < 1.29 is 4.79 Å². The van der Waals surface area contributed by atoms with Gasteiger partial charge in [0.1, 0.15) is 16.4 Å². The number of hydrogen-bond acceptors (Lipinski definition) is 7. The van der Waals surface area contributed by atoms with Gasteiger partial charge in [0.05, 0.1) is 11.7 Å². The van der Waals surface area contributed by atoms with Gasteiger partial charge >= 0.3 is 0 Å². The van der Waals surface area contributed by atoms with Crippen LogP contribution in [0.3, 0.4) is 0 Å². The molecular formula is C22H26N6O2S. The number of aromatic nitrogens is 4. The molecule has 0 aliphatic carbocycles. The summed E-state index contributed by atoms with van der Waals surface area (Å²) in [5.74, 6) is 0.440. The van der Waals surface area contributed by atoms with Crippen LogP contribution in [0, 0.1) is 13.8 Å². The Labute approximate surface area is 185 Å². The molecule has 0 radical (unpaired) electrons. The van der Waals surface area contributed by atoms with E-state index in [1.54, 1.807) is 11.9 Å². The zero-order valence-corrected chi connectivity index (χ0v) is 19.0. The number of amides is 1. The van der Waals surface area contributed by atoms with Gasteiger partial charge < -0.3 is 14.8 Å². The second-order valence-corrected chi connectivity index (χ2v) is 8.85. The molecule has 9 heteroatoms. The highest BCUT2D eigenvalue weighted by Crippen LogP contribution is 2.33. The van der Waals surface area contributed by atoms with Crippen LogP contribution >= 0.6 is 11.3 Å². The summed E-state index contributed by atoms with van der Waals surface area (Å²) in [5.41, 5.74) is 2.34. The lowest BCUT2D eigenvalue weighted by molar-refractivity contribution is 0.0729. The molecule has 8 nitrogen and oxygen atoms in total. The Morgan fingerprint density at radius 1 is 1.29 bits per heavy atom. The molecular weight excluding hydrogens is 412 g/mol. The van der Waals surface area contributed by atoms with E-state index < -0.39 is 0 Å². The van der Waals surface area contributed by atoms with Crippen LogP contribution in [-0.4, -0.2) is 37.1 Å². The molecule has 4 rings (SSSR count). The average Bonchev–Trinajstić information content (AvgIpc) is 3.42. The number of rotatable bonds is 5. The van der Waals surface area contributed by atoms with E-state index in [1.807, 2.05) is 45.0 Å². The number of aryl methyl sites for hydroxylation is 3. The fourth-order valence-corrected chi connectivity index (χ4v) is 4.65. The average molecular weight is 439 g/mol. The molecule has 3 aromatic rings. The van der Waals surface area contributed by atoms with Gasteiger partial charge in [-0.2, -0.15) is 0 Å². The highest BCUT2D eigenvalue weighted by Gasteiger charge is 2.33. The van der Waals surface area contributed by atoms with Crippen LogP contribution in [0.15, 0.2) is 29.1 Å². The van der Waals surface area contributed by atoms with Crippen molar-refractivity contribution in [1.82, 2.24) is 24.6 Å². The van der Waals surface area contributed by atoms with Crippen molar-refractivity contribution in [2.75, 3.05) is 11.9 Å². The highest BCUT2D eigenvalue weighted by atomic mass is 32.1. The molecule has 1 fully saturated rings. The number of nitrogens with one attached hydrogen (secondary N) is 1. The second kappa shape index (κ2) is 8.58. The number of carbonyl (C=O) groups is 1. The summed E-state index contributed by atoms with van der Waals surface area (Å²) < 4.78 is 1.53. The minimum Gasteiger partial charge on any atom is -0.330 e. The Morgan fingerprint density at radius 3 is 2.84 bits per heavy atom. The molecule has 0 spiro atoms. The van der Waals surface area contributed by atoms with Gasteiger partial charge in [-0.1, -0.05) is 24.3 Å². The fourth-order valence-electron chi connectivity index (χ4n) is 3.96. The summed E-state index contributed by atoms with van der Waals surface area (Å²) in [6.45, 7) is 6.33. The van der Waals surface area contributed by atoms with Gasteiger partial charge in [-0.25, -0.2) is 4.98 Å². The van der Waals surface area contributed by atoms with Crippen LogP contribution < -0.4 is 10.9 Å². The Balaban J connectivity index is 1.61. The van der Waals surface area contributed by atoms with E-state index >= 15 is 0 Å². The van der Waals surface area contributed by atoms with Crippen molar-refractivity contribution in [3.05, 3.63) is 62.1 Å². The molecule has 0 saturated carbocycles. The maximum Gasteiger partial charge on any atom is 0.263 e.